The molecule has 1 aromatic heterocycles. The maximum atomic E-state index is 13.0. The molecule has 37 heavy (non-hydrogen) atoms. The Labute approximate surface area is 221 Å². The number of methoxy groups -OCH3 is 1. The van der Waals surface area contributed by atoms with Crippen molar-refractivity contribution in [3.8, 4) is 17.1 Å². The third-order valence-corrected chi connectivity index (χ3v) is 7.50. The highest BCUT2D eigenvalue weighted by molar-refractivity contribution is 7.98. The minimum absolute atomic E-state index is 0.0561. The zero-order chi connectivity index (χ0) is 25.5. The molecule has 1 atom stereocenters. The summed E-state index contributed by atoms with van der Waals surface area (Å²) in [6.45, 7) is 2.09. The van der Waals surface area contributed by atoms with E-state index in [2.05, 4.69) is 56.8 Å². The summed E-state index contributed by atoms with van der Waals surface area (Å²) < 4.78 is 10.7. The van der Waals surface area contributed by atoms with Gasteiger partial charge in [0.25, 0.3) is 0 Å². The van der Waals surface area contributed by atoms with Crippen molar-refractivity contribution in [2.24, 2.45) is 5.92 Å². The average Bonchev–Trinajstić information content (AvgIpc) is 3.42. The summed E-state index contributed by atoms with van der Waals surface area (Å²) in [7, 11) is 1.64. The van der Waals surface area contributed by atoms with E-state index in [1.165, 1.54) is 10.5 Å². The number of rotatable bonds is 9. The zero-order valence-electron chi connectivity index (χ0n) is 20.8. The fraction of sp³-hybridized carbons (Fsp3) is 0.276. The number of thioether (sulfide) groups is 1. The number of hydrogen-bond donors (Lipinski definition) is 1. The van der Waals surface area contributed by atoms with Crippen LogP contribution < -0.4 is 10.1 Å². The van der Waals surface area contributed by atoms with Crippen LogP contribution in [0.1, 0.15) is 24.3 Å². The van der Waals surface area contributed by atoms with Gasteiger partial charge < -0.3 is 14.6 Å². The summed E-state index contributed by atoms with van der Waals surface area (Å²) in [5, 5.41) is 7.22. The van der Waals surface area contributed by atoms with E-state index in [4.69, 9.17) is 9.26 Å². The first kappa shape index (κ1) is 25.0. The van der Waals surface area contributed by atoms with Gasteiger partial charge in [0, 0.05) is 28.4 Å². The Kier molecular flexibility index (Phi) is 8.18. The molecule has 0 radical (unpaired) electrons. The summed E-state index contributed by atoms with van der Waals surface area (Å²) in [6.07, 6.45) is 1.82. The molecule has 8 heteroatoms. The average molecular weight is 515 g/mol. The first-order valence-corrected chi connectivity index (χ1v) is 13.4. The lowest BCUT2D eigenvalue weighted by Gasteiger charge is -2.30. The Morgan fingerprint density at radius 2 is 1.86 bits per heavy atom. The Morgan fingerprint density at radius 1 is 1.08 bits per heavy atom. The van der Waals surface area contributed by atoms with E-state index in [1.807, 2.05) is 42.5 Å². The molecule has 1 saturated heterocycles. The Balaban J connectivity index is 1.12. The van der Waals surface area contributed by atoms with Crippen molar-refractivity contribution in [2.75, 3.05) is 25.5 Å². The van der Waals surface area contributed by atoms with Gasteiger partial charge in [0.2, 0.25) is 17.6 Å². The van der Waals surface area contributed by atoms with Gasteiger partial charge in [-0.1, -0.05) is 35.5 Å². The van der Waals surface area contributed by atoms with Crippen LogP contribution in [0.2, 0.25) is 0 Å². The molecule has 0 spiro atoms. The number of nitrogens with zero attached hydrogens (tertiary/aromatic N) is 3. The predicted molar refractivity (Wildman–Crippen MR) is 145 cm³/mol. The van der Waals surface area contributed by atoms with E-state index in [0.717, 1.165) is 42.1 Å². The minimum atomic E-state index is -0.0777. The summed E-state index contributed by atoms with van der Waals surface area (Å²) >= 11 is 1.80. The van der Waals surface area contributed by atoms with Crippen molar-refractivity contribution in [2.45, 2.75) is 30.0 Å². The van der Waals surface area contributed by atoms with Crippen LogP contribution in [0.15, 0.2) is 88.3 Å². The number of carbonyl (C=O) groups is 1. The van der Waals surface area contributed by atoms with E-state index < -0.39 is 0 Å². The number of hydrogen-bond acceptors (Lipinski definition) is 7. The Bertz CT molecular complexity index is 1290. The third kappa shape index (κ3) is 6.78. The lowest BCUT2D eigenvalue weighted by molar-refractivity contribution is -0.121. The second-order valence-electron chi connectivity index (χ2n) is 9.10. The molecule has 7 nitrogen and oxygen atoms in total. The molecule has 3 aromatic carbocycles. The number of anilines is 1. The van der Waals surface area contributed by atoms with Crippen LogP contribution in [-0.4, -0.2) is 41.1 Å². The highest BCUT2D eigenvalue weighted by atomic mass is 32.2. The molecule has 1 aliphatic rings. The number of nitrogens with one attached hydrogen (secondary N) is 1. The first-order chi connectivity index (χ1) is 18.2. The van der Waals surface area contributed by atoms with E-state index in [1.54, 1.807) is 18.9 Å². The Morgan fingerprint density at radius 3 is 2.62 bits per heavy atom. The van der Waals surface area contributed by atoms with Crippen molar-refractivity contribution in [1.29, 1.82) is 0 Å². The van der Waals surface area contributed by atoms with Crippen LogP contribution in [0.25, 0.3) is 11.4 Å². The molecular weight excluding hydrogens is 484 g/mol. The molecular formula is C29H30N4O3S. The van der Waals surface area contributed by atoms with Gasteiger partial charge in [0.15, 0.2) is 0 Å². The van der Waals surface area contributed by atoms with Crippen LogP contribution in [0.5, 0.6) is 5.75 Å². The molecule has 0 bridgehead atoms. The monoisotopic (exact) mass is 514 g/mol. The standard InChI is InChI=1S/C29H30N4O3S/c1-35-25-15-11-22(12-16-25)28-31-27(36-32-28)19-33-17-5-6-23(18-33)29(34)30-24-13-9-21(10-14-24)20-37-26-7-3-2-4-8-26/h2-4,7-16,23H,5-6,17-20H2,1H3,(H,30,34). The van der Waals surface area contributed by atoms with Gasteiger partial charge in [-0.15, -0.1) is 11.8 Å². The molecule has 1 aliphatic heterocycles. The van der Waals surface area contributed by atoms with Gasteiger partial charge in [-0.05, 0) is 73.5 Å². The van der Waals surface area contributed by atoms with Gasteiger partial charge in [-0.2, -0.15) is 4.98 Å². The molecule has 190 valence electrons. The van der Waals surface area contributed by atoms with Gasteiger partial charge in [-0.25, -0.2) is 0 Å². The third-order valence-electron chi connectivity index (χ3n) is 6.42. The van der Waals surface area contributed by atoms with Crippen LogP contribution in [0.3, 0.4) is 0 Å². The second kappa shape index (κ2) is 12.1. The van der Waals surface area contributed by atoms with Crippen molar-refractivity contribution < 1.29 is 14.1 Å². The van der Waals surface area contributed by atoms with Gasteiger partial charge in [0.05, 0.1) is 19.6 Å². The molecule has 5 rings (SSSR count). The summed E-state index contributed by atoms with van der Waals surface area (Å²) in [5.74, 6) is 2.76. The predicted octanol–water partition coefficient (Wildman–Crippen LogP) is 5.89. The first-order valence-electron chi connectivity index (χ1n) is 12.4. The van der Waals surface area contributed by atoms with Crippen LogP contribution in [-0.2, 0) is 17.1 Å². The van der Waals surface area contributed by atoms with Gasteiger partial charge >= 0.3 is 0 Å². The van der Waals surface area contributed by atoms with E-state index in [0.29, 0.717) is 24.8 Å². The fourth-order valence-corrected chi connectivity index (χ4v) is 5.27. The zero-order valence-corrected chi connectivity index (χ0v) is 21.6. The fourth-order valence-electron chi connectivity index (χ4n) is 4.39. The van der Waals surface area contributed by atoms with E-state index in [-0.39, 0.29) is 11.8 Å². The van der Waals surface area contributed by atoms with Crippen molar-refractivity contribution in [3.63, 3.8) is 0 Å². The molecule has 0 aliphatic carbocycles. The normalized spacial score (nSPS) is 15.9. The minimum Gasteiger partial charge on any atom is -0.497 e. The van der Waals surface area contributed by atoms with Gasteiger partial charge in [-0.3, -0.25) is 9.69 Å². The molecule has 1 fully saturated rings. The number of ether oxygens (including phenoxy) is 1. The number of piperidine rings is 1. The maximum absolute atomic E-state index is 13.0. The van der Waals surface area contributed by atoms with Crippen molar-refractivity contribution in [3.05, 3.63) is 90.3 Å². The summed E-state index contributed by atoms with van der Waals surface area (Å²) in [6, 6.07) is 26.0. The van der Waals surface area contributed by atoms with Gasteiger partial charge in [0.1, 0.15) is 5.75 Å². The molecule has 1 amide bonds. The quantitative estimate of drug-likeness (QED) is 0.279. The number of likely N-dealkylation sites (tertiary alicyclic amines) is 1. The number of aromatic nitrogens is 2. The molecule has 1 unspecified atom stereocenters. The summed E-state index contributed by atoms with van der Waals surface area (Å²) in [4.78, 5) is 21.0. The van der Waals surface area contributed by atoms with Crippen LogP contribution in [0, 0.1) is 5.92 Å². The smallest absolute Gasteiger partial charge is 0.241 e. The largest absolute Gasteiger partial charge is 0.497 e. The number of amides is 1. The SMILES string of the molecule is COc1ccc(-c2noc(CN3CCCC(C(=O)Nc4ccc(CSc5ccccc5)cc4)C3)n2)cc1. The lowest BCUT2D eigenvalue weighted by atomic mass is 9.97. The molecule has 1 N–H and O–H groups in total. The lowest BCUT2D eigenvalue weighted by Crippen LogP contribution is -2.40. The van der Waals surface area contributed by atoms with Crippen molar-refractivity contribution >= 4 is 23.4 Å². The summed E-state index contributed by atoms with van der Waals surface area (Å²) in [5.41, 5.74) is 2.93. The second-order valence-corrected chi connectivity index (χ2v) is 10.2. The van der Waals surface area contributed by atoms with E-state index >= 15 is 0 Å². The van der Waals surface area contributed by atoms with E-state index in [9.17, 15) is 4.79 Å². The number of benzene rings is 3. The molecule has 4 aromatic rings. The topological polar surface area (TPSA) is 80.5 Å². The maximum Gasteiger partial charge on any atom is 0.241 e. The molecule has 2 heterocycles. The van der Waals surface area contributed by atoms with Crippen LogP contribution in [0.4, 0.5) is 5.69 Å². The number of carbonyl (C=O) groups excluding carboxylic acids is 1. The Hall–Kier alpha value is -3.62. The highest BCUT2D eigenvalue weighted by Crippen LogP contribution is 2.25. The highest BCUT2D eigenvalue weighted by Gasteiger charge is 2.27. The van der Waals surface area contributed by atoms with Crippen molar-refractivity contribution in [1.82, 2.24) is 15.0 Å². The van der Waals surface area contributed by atoms with Crippen LogP contribution >= 0.6 is 11.8 Å². The molecule has 0 saturated carbocycles.